The van der Waals surface area contributed by atoms with Crippen LogP contribution in [0.15, 0.2) is 0 Å². The van der Waals surface area contributed by atoms with Gasteiger partial charge in [0.25, 0.3) is 0 Å². The molecule has 12 heavy (non-hydrogen) atoms. The first kappa shape index (κ1) is 10.9. The van der Waals surface area contributed by atoms with Crippen LogP contribution in [0.1, 0.15) is 6.92 Å². The number of ether oxygens (including phenoxy) is 1. The maximum Gasteiger partial charge on any atom is 0.324 e. The third-order valence-corrected chi connectivity index (χ3v) is 1.09. The molecule has 70 valence electrons. The van der Waals surface area contributed by atoms with Crippen molar-refractivity contribution in [1.82, 2.24) is 0 Å². The fourth-order valence-corrected chi connectivity index (χ4v) is 0.375. The molecule has 6 nitrogen and oxygen atoms in total. The molecule has 2 atom stereocenters. The number of carboxylic acids is 1. The Morgan fingerprint density at radius 2 is 2.00 bits per heavy atom. The summed E-state index contributed by atoms with van der Waals surface area (Å²) in [5.74, 6) is -1.88. The molecule has 0 radical (unpaired) electrons. The van der Waals surface area contributed by atoms with Crippen molar-refractivity contribution >= 4 is 11.9 Å². The maximum atomic E-state index is 10.7. The van der Waals surface area contributed by atoms with Crippen LogP contribution in [0.5, 0.6) is 0 Å². The van der Waals surface area contributed by atoms with Crippen LogP contribution < -0.4 is 11.5 Å². The van der Waals surface area contributed by atoms with Gasteiger partial charge in [-0.25, -0.2) is 0 Å². The van der Waals surface area contributed by atoms with Crippen LogP contribution in [-0.2, 0) is 14.3 Å². The third-order valence-electron chi connectivity index (χ3n) is 1.09. The third kappa shape index (κ3) is 3.89. The Kier molecular flexibility index (Phi) is 4.24. The first-order chi connectivity index (χ1) is 5.45. The summed E-state index contributed by atoms with van der Waals surface area (Å²) in [6.45, 7) is 1.09. The number of esters is 1. The summed E-state index contributed by atoms with van der Waals surface area (Å²) in [4.78, 5) is 20.8. The summed E-state index contributed by atoms with van der Waals surface area (Å²) >= 11 is 0. The van der Waals surface area contributed by atoms with E-state index in [4.69, 9.17) is 16.6 Å². The highest BCUT2D eigenvalue weighted by atomic mass is 16.5. The number of carboxylic acid groups (broad SMARTS) is 1. The molecule has 0 saturated heterocycles. The molecule has 0 aliphatic rings. The molecule has 0 aromatic carbocycles. The quantitative estimate of drug-likeness (QED) is 0.439. The zero-order chi connectivity index (χ0) is 9.72. The van der Waals surface area contributed by atoms with Gasteiger partial charge in [-0.05, 0) is 6.92 Å². The van der Waals surface area contributed by atoms with Crippen molar-refractivity contribution in [1.29, 1.82) is 0 Å². The van der Waals surface area contributed by atoms with E-state index in [-0.39, 0.29) is 6.61 Å². The fourth-order valence-electron chi connectivity index (χ4n) is 0.375. The lowest BCUT2D eigenvalue weighted by atomic mass is 10.3. The number of carbonyl (C=O) groups excluding carboxylic acids is 1. The van der Waals surface area contributed by atoms with Gasteiger partial charge in [0.15, 0.2) is 0 Å². The zero-order valence-electron chi connectivity index (χ0n) is 6.69. The van der Waals surface area contributed by atoms with E-state index in [0.29, 0.717) is 0 Å². The molecule has 0 aromatic rings. The predicted octanol–water partition coefficient (Wildman–Crippen LogP) is -1.71. The largest absolute Gasteiger partial charge is 0.480 e. The van der Waals surface area contributed by atoms with E-state index in [9.17, 15) is 9.59 Å². The molecule has 0 bridgehead atoms. The summed E-state index contributed by atoms with van der Waals surface area (Å²) in [5, 5.41) is 8.29. The molecule has 0 aliphatic heterocycles. The Labute approximate surface area is 69.5 Å². The van der Waals surface area contributed by atoms with Gasteiger partial charge in [0.1, 0.15) is 18.7 Å². The molecule has 0 aliphatic carbocycles. The lowest BCUT2D eigenvalue weighted by Crippen LogP contribution is -2.38. The van der Waals surface area contributed by atoms with Crippen molar-refractivity contribution in [3.8, 4) is 0 Å². The van der Waals surface area contributed by atoms with E-state index in [2.05, 4.69) is 4.74 Å². The summed E-state index contributed by atoms with van der Waals surface area (Å²) in [6, 6.07) is -1.95. The second-order valence-corrected chi connectivity index (χ2v) is 2.36. The van der Waals surface area contributed by atoms with Crippen molar-refractivity contribution in [2.75, 3.05) is 6.61 Å². The van der Waals surface area contributed by atoms with E-state index in [1.165, 1.54) is 6.92 Å². The highest BCUT2D eigenvalue weighted by Gasteiger charge is 2.15. The topological polar surface area (TPSA) is 116 Å². The number of rotatable bonds is 4. The SMILES string of the molecule is C[C@@H](N)C(=O)OC[C@@H](N)C(=O)O. The Balaban J connectivity index is 3.69. The van der Waals surface area contributed by atoms with Gasteiger partial charge < -0.3 is 21.3 Å². The highest BCUT2D eigenvalue weighted by Crippen LogP contribution is 1.86. The van der Waals surface area contributed by atoms with Gasteiger partial charge in [-0.15, -0.1) is 0 Å². The van der Waals surface area contributed by atoms with E-state index in [0.717, 1.165) is 0 Å². The molecule has 6 heteroatoms. The molecule has 0 aromatic heterocycles. The summed E-state index contributed by atoms with van der Waals surface area (Å²) in [6.07, 6.45) is 0. The average Bonchev–Trinajstić information content (AvgIpc) is 1.98. The normalized spacial score (nSPS) is 14.9. The van der Waals surface area contributed by atoms with Crippen LogP contribution in [-0.4, -0.2) is 35.7 Å². The van der Waals surface area contributed by atoms with Crippen molar-refractivity contribution < 1.29 is 19.4 Å². The minimum absolute atomic E-state index is 0.351. The molecule has 0 fully saturated rings. The van der Waals surface area contributed by atoms with E-state index < -0.39 is 24.0 Å². The molecule has 0 amide bonds. The van der Waals surface area contributed by atoms with Crippen LogP contribution in [0.3, 0.4) is 0 Å². The van der Waals surface area contributed by atoms with Gasteiger partial charge >= 0.3 is 11.9 Å². The standard InChI is InChI=1S/C6H12N2O4/c1-3(7)6(11)12-2-4(8)5(9)10/h3-4H,2,7-8H2,1H3,(H,9,10)/t3-,4-/m1/s1. The second-order valence-electron chi connectivity index (χ2n) is 2.36. The molecule has 0 unspecified atom stereocenters. The summed E-state index contributed by atoms with van der Waals surface area (Å²) in [5.41, 5.74) is 10.2. The van der Waals surface area contributed by atoms with Crippen molar-refractivity contribution in [2.45, 2.75) is 19.0 Å². The van der Waals surface area contributed by atoms with E-state index in [1.54, 1.807) is 0 Å². The average molecular weight is 176 g/mol. The summed E-state index contributed by atoms with van der Waals surface area (Å²) in [7, 11) is 0. The second kappa shape index (κ2) is 4.68. The van der Waals surface area contributed by atoms with Gasteiger partial charge in [-0.1, -0.05) is 0 Å². The van der Waals surface area contributed by atoms with E-state index in [1.807, 2.05) is 0 Å². The van der Waals surface area contributed by atoms with Crippen LogP contribution >= 0.6 is 0 Å². The van der Waals surface area contributed by atoms with Gasteiger partial charge in [-0.2, -0.15) is 0 Å². The lowest BCUT2D eigenvalue weighted by Gasteiger charge is -2.09. The Bertz CT molecular complexity index is 180. The smallest absolute Gasteiger partial charge is 0.324 e. The zero-order valence-corrected chi connectivity index (χ0v) is 6.69. The van der Waals surface area contributed by atoms with Gasteiger partial charge in [0.2, 0.25) is 0 Å². The van der Waals surface area contributed by atoms with Crippen molar-refractivity contribution in [3.05, 3.63) is 0 Å². The van der Waals surface area contributed by atoms with Crippen LogP contribution in [0.4, 0.5) is 0 Å². The minimum Gasteiger partial charge on any atom is -0.480 e. The van der Waals surface area contributed by atoms with Gasteiger partial charge in [-0.3, -0.25) is 9.59 Å². The summed E-state index contributed by atoms with van der Waals surface area (Å²) < 4.78 is 4.46. The van der Waals surface area contributed by atoms with Crippen LogP contribution in [0, 0.1) is 0 Å². The van der Waals surface area contributed by atoms with Gasteiger partial charge in [0.05, 0.1) is 0 Å². The Morgan fingerprint density at radius 1 is 1.50 bits per heavy atom. The monoisotopic (exact) mass is 176 g/mol. The first-order valence-electron chi connectivity index (χ1n) is 3.35. The first-order valence-corrected chi connectivity index (χ1v) is 3.35. The number of carbonyl (C=O) groups is 2. The molecule has 5 N–H and O–H groups in total. The van der Waals surface area contributed by atoms with Crippen molar-refractivity contribution in [3.63, 3.8) is 0 Å². The Hall–Kier alpha value is -1.14. The number of hydrogen-bond acceptors (Lipinski definition) is 5. The molecule has 0 heterocycles. The van der Waals surface area contributed by atoms with Crippen LogP contribution in [0.25, 0.3) is 0 Å². The minimum atomic E-state index is -1.22. The molecule has 0 spiro atoms. The van der Waals surface area contributed by atoms with Gasteiger partial charge in [0, 0.05) is 0 Å². The predicted molar refractivity (Wildman–Crippen MR) is 40.2 cm³/mol. The molecule has 0 rings (SSSR count). The van der Waals surface area contributed by atoms with Crippen LogP contribution in [0.2, 0.25) is 0 Å². The molecule has 0 saturated carbocycles. The van der Waals surface area contributed by atoms with Crippen molar-refractivity contribution in [2.24, 2.45) is 11.5 Å². The number of hydrogen-bond donors (Lipinski definition) is 3. The molecular formula is C6H12N2O4. The van der Waals surface area contributed by atoms with E-state index >= 15 is 0 Å². The number of nitrogens with two attached hydrogens (primary N) is 2. The fraction of sp³-hybridized carbons (Fsp3) is 0.667. The maximum absolute atomic E-state index is 10.7. The highest BCUT2D eigenvalue weighted by molar-refractivity contribution is 5.76. The Morgan fingerprint density at radius 3 is 2.33 bits per heavy atom. The molecular weight excluding hydrogens is 164 g/mol. The lowest BCUT2D eigenvalue weighted by molar-refractivity contribution is -0.148. The number of aliphatic carboxylic acids is 1.